The molecule has 2 heterocycles. The molecule has 0 unspecified atom stereocenters. The van der Waals surface area contributed by atoms with Crippen LogP contribution in [0.5, 0.6) is 0 Å². The van der Waals surface area contributed by atoms with Crippen molar-refractivity contribution in [1.82, 2.24) is 14.9 Å². The molecule has 0 spiro atoms. The number of carbonyl (C=O) groups excluding carboxylic acids is 1. The average molecular weight is 342 g/mol. The van der Waals surface area contributed by atoms with E-state index < -0.39 is 5.60 Å². The van der Waals surface area contributed by atoms with Crippen LogP contribution in [0.1, 0.15) is 45.2 Å². The van der Waals surface area contributed by atoms with Crippen LogP contribution in [0.15, 0.2) is 17.0 Å². The van der Waals surface area contributed by atoms with Crippen LogP contribution in [0, 0.1) is 0 Å². The largest absolute Gasteiger partial charge is 0.444 e. The number of amides is 1. The zero-order valence-electron chi connectivity index (χ0n) is 12.1. The van der Waals surface area contributed by atoms with Gasteiger partial charge < -0.3 is 9.64 Å². The molecule has 1 amide bonds. The van der Waals surface area contributed by atoms with Gasteiger partial charge in [0.25, 0.3) is 0 Å². The molecule has 0 bridgehead atoms. The van der Waals surface area contributed by atoms with Crippen LogP contribution >= 0.6 is 15.9 Å². The molecule has 110 valence electrons. The van der Waals surface area contributed by atoms with Crippen molar-refractivity contribution in [2.75, 3.05) is 13.1 Å². The third kappa shape index (κ3) is 3.91. The van der Waals surface area contributed by atoms with Gasteiger partial charge in [0.15, 0.2) is 0 Å². The van der Waals surface area contributed by atoms with E-state index >= 15 is 0 Å². The third-order valence-corrected chi connectivity index (χ3v) is 3.84. The van der Waals surface area contributed by atoms with Crippen LogP contribution in [0.4, 0.5) is 4.79 Å². The molecule has 1 fully saturated rings. The molecule has 0 aliphatic carbocycles. The van der Waals surface area contributed by atoms with Gasteiger partial charge in [0, 0.05) is 25.2 Å². The maximum atomic E-state index is 12.0. The molecule has 5 nitrogen and oxygen atoms in total. The first kappa shape index (κ1) is 15.2. The van der Waals surface area contributed by atoms with Gasteiger partial charge in [-0.1, -0.05) is 0 Å². The van der Waals surface area contributed by atoms with Crippen molar-refractivity contribution in [1.29, 1.82) is 0 Å². The molecule has 1 saturated heterocycles. The highest BCUT2D eigenvalue weighted by Crippen LogP contribution is 2.31. The summed E-state index contributed by atoms with van der Waals surface area (Å²) in [5.74, 6) is 0.367. The maximum absolute atomic E-state index is 12.0. The summed E-state index contributed by atoms with van der Waals surface area (Å²) in [4.78, 5) is 22.1. The Balaban J connectivity index is 1.93. The second kappa shape index (κ2) is 6.08. The lowest BCUT2D eigenvalue weighted by Crippen LogP contribution is -2.41. The molecular weight excluding hydrogens is 322 g/mol. The smallest absolute Gasteiger partial charge is 0.410 e. The molecule has 6 heteroatoms. The monoisotopic (exact) mass is 341 g/mol. The summed E-state index contributed by atoms with van der Waals surface area (Å²) in [6.07, 6.45) is 4.91. The Morgan fingerprint density at radius 1 is 1.40 bits per heavy atom. The standard InChI is InChI=1S/C14H20BrN3O2/c1-14(2,3)20-13(19)18-6-4-10(5-7-18)12-11(15)8-16-9-17-12/h8-10H,4-7H2,1-3H3. The zero-order valence-corrected chi connectivity index (χ0v) is 13.7. The van der Waals surface area contributed by atoms with Gasteiger partial charge in [-0.3, -0.25) is 0 Å². The molecular formula is C14H20BrN3O2. The maximum Gasteiger partial charge on any atom is 0.410 e. The predicted octanol–water partition coefficient (Wildman–Crippen LogP) is 3.35. The number of halogens is 1. The Labute approximate surface area is 127 Å². The van der Waals surface area contributed by atoms with E-state index in [1.807, 2.05) is 20.8 Å². The van der Waals surface area contributed by atoms with E-state index in [9.17, 15) is 4.79 Å². The van der Waals surface area contributed by atoms with Crippen molar-refractivity contribution >= 4 is 22.0 Å². The van der Waals surface area contributed by atoms with E-state index in [0.29, 0.717) is 19.0 Å². The lowest BCUT2D eigenvalue weighted by atomic mass is 9.93. The first-order valence-corrected chi connectivity index (χ1v) is 7.59. The van der Waals surface area contributed by atoms with E-state index in [2.05, 4.69) is 25.9 Å². The van der Waals surface area contributed by atoms with Crippen LogP contribution in [-0.4, -0.2) is 39.7 Å². The summed E-state index contributed by atoms with van der Waals surface area (Å²) in [6, 6.07) is 0. The highest BCUT2D eigenvalue weighted by Gasteiger charge is 2.28. The molecule has 2 rings (SSSR count). The number of hydrogen-bond donors (Lipinski definition) is 0. The summed E-state index contributed by atoms with van der Waals surface area (Å²) in [5.41, 5.74) is 0.590. The van der Waals surface area contributed by atoms with Crippen molar-refractivity contribution in [3.05, 3.63) is 22.7 Å². The minimum absolute atomic E-state index is 0.224. The SMILES string of the molecule is CC(C)(C)OC(=O)N1CCC(c2ncncc2Br)CC1. The molecule has 1 aromatic heterocycles. The van der Waals surface area contributed by atoms with Crippen molar-refractivity contribution in [2.45, 2.75) is 45.1 Å². The minimum Gasteiger partial charge on any atom is -0.444 e. The molecule has 20 heavy (non-hydrogen) atoms. The van der Waals surface area contributed by atoms with Gasteiger partial charge in [0.1, 0.15) is 11.9 Å². The Bertz CT molecular complexity index is 480. The quantitative estimate of drug-likeness (QED) is 0.785. The molecule has 0 N–H and O–H groups in total. The number of nitrogens with zero attached hydrogens (tertiary/aromatic N) is 3. The summed E-state index contributed by atoms with van der Waals surface area (Å²) >= 11 is 3.49. The van der Waals surface area contributed by atoms with Crippen molar-refractivity contribution < 1.29 is 9.53 Å². The molecule has 1 aliphatic heterocycles. The lowest BCUT2D eigenvalue weighted by Gasteiger charge is -2.33. The van der Waals surface area contributed by atoms with Gasteiger partial charge in [-0.2, -0.15) is 0 Å². The molecule has 0 saturated carbocycles. The van der Waals surface area contributed by atoms with Crippen LogP contribution in [0.3, 0.4) is 0 Å². The summed E-state index contributed by atoms with van der Waals surface area (Å²) in [6.45, 7) is 7.06. The fraction of sp³-hybridized carbons (Fsp3) is 0.643. The van der Waals surface area contributed by atoms with Crippen molar-refractivity contribution in [2.24, 2.45) is 0 Å². The van der Waals surface area contributed by atoms with Gasteiger partial charge in [0.05, 0.1) is 10.2 Å². The minimum atomic E-state index is -0.441. The average Bonchev–Trinajstić information content (AvgIpc) is 2.37. The highest BCUT2D eigenvalue weighted by atomic mass is 79.9. The Morgan fingerprint density at radius 2 is 2.05 bits per heavy atom. The highest BCUT2D eigenvalue weighted by molar-refractivity contribution is 9.10. The molecule has 0 aromatic carbocycles. The van der Waals surface area contributed by atoms with Gasteiger partial charge in [-0.25, -0.2) is 14.8 Å². The number of aromatic nitrogens is 2. The zero-order chi connectivity index (χ0) is 14.8. The number of rotatable bonds is 1. The van der Waals surface area contributed by atoms with E-state index in [0.717, 1.165) is 23.0 Å². The summed E-state index contributed by atoms with van der Waals surface area (Å²) < 4.78 is 6.33. The van der Waals surface area contributed by atoms with Gasteiger partial charge in [-0.05, 0) is 49.5 Å². The molecule has 1 aliphatic rings. The number of hydrogen-bond acceptors (Lipinski definition) is 4. The summed E-state index contributed by atoms with van der Waals surface area (Å²) in [7, 11) is 0. The van der Waals surface area contributed by atoms with Gasteiger partial charge in [0.2, 0.25) is 0 Å². The fourth-order valence-corrected chi connectivity index (χ4v) is 2.83. The molecule has 1 aromatic rings. The molecule has 0 radical (unpaired) electrons. The van der Waals surface area contributed by atoms with Crippen LogP contribution < -0.4 is 0 Å². The first-order chi connectivity index (χ1) is 9.37. The van der Waals surface area contributed by atoms with Gasteiger partial charge in [-0.15, -0.1) is 0 Å². The second-order valence-corrected chi connectivity index (χ2v) is 6.85. The third-order valence-electron chi connectivity index (χ3n) is 3.23. The Hall–Kier alpha value is -1.17. The van der Waals surface area contributed by atoms with E-state index in [-0.39, 0.29) is 6.09 Å². The van der Waals surface area contributed by atoms with Crippen LogP contribution in [-0.2, 0) is 4.74 Å². The Kier molecular flexibility index (Phi) is 4.62. The van der Waals surface area contributed by atoms with E-state index in [1.54, 1.807) is 17.4 Å². The first-order valence-electron chi connectivity index (χ1n) is 6.80. The van der Waals surface area contributed by atoms with Crippen molar-refractivity contribution in [3.8, 4) is 0 Å². The van der Waals surface area contributed by atoms with Crippen LogP contribution in [0.25, 0.3) is 0 Å². The lowest BCUT2D eigenvalue weighted by molar-refractivity contribution is 0.0204. The number of piperidine rings is 1. The predicted molar refractivity (Wildman–Crippen MR) is 79.5 cm³/mol. The summed E-state index contributed by atoms with van der Waals surface area (Å²) in [5, 5.41) is 0. The topological polar surface area (TPSA) is 55.3 Å². The van der Waals surface area contributed by atoms with Gasteiger partial charge >= 0.3 is 6.09 Å². The normalized spacial score (nSPS) is 17.1. The number of carbonyl (C=O) groups is 1. The van der Waals surface area contributed by atoms with Crippen molar-refractivity contribution in [3.63, 3.8) is 0 Å². The van der Waals surface area contributed by atoms with E-state index in [1.165, 1.54) is 0 Å². The second-order valence-electron chi connectivity index (χ2n) is 6.00. The van der Waals surface area contributed by atoms with Crippen LogP contribution in [0.2, 0.25) is 0 Å². The van der Waals surface area contributed by atoms with E-state index in [4.69, 9.17) is 4.74 Å². The molecule has 0 atom stereocenters. The fourth-order valence-electron chi connectivity index (χ4n) is 2.28. The number of ether oxygens (including phenoxy) is 1. The number of likely N-dealkylation sites (tertiary alicyclic amines) is 1. The Morgan fingerprint density at radius 3 is 2.60 bits per heavy atom.